The molecule has 14 heavy (non-hydrogen) atoms. The van der Waals surface area contributed by atoms with Crippen molar-refractivity contribution in [1.82, 2.24) is 14.1 Å². The molecular formula is C7H9N3O3S. The summed E-state index contributed by atoms with van der Waals surface area (Å²) in [6.45, 7) is 1.85. The standard InChI is InChI=1S/C7H9N3O3S/c1-2-13-6(11)4-8-7(12)5-3-9-14-10-5/h3H,2,4H2,1H3,(H,8,12). The Morgan fingerprint density at radius 2 is 2.43 bits per heavy atom. The smallest absolute Gasteiger partial charge is 0.325 e. The van der Waals surface area contributed by atoms with Gasteiger partial charge in [0.15, 0.2) is 5.69 Å². The van der Waals surface area contributed by atoms with Crippen LogP contribution in [0.25, 0.3) is 0 Å². The number of carbonyl (C=O) groups excluding carboxylic acids is 2. The molecule has 0 fully saturated rings. The number of aromatic nitrogens is 2. The molecule has 0 unspecified atom stereocenters. The Hall–Kier alpha value is -1.50. The molecule has 0 aliphatic heterocycles. The van der Waals surface area contributed by atoms with E-state index in [1.54, 1.807) is 6.92 Å². The minimum atomic E-state index is -0.468. The van der Waals surface area contributed by atoms with Crippen molar-refractivity contribution in [2.75, 3.05) is 13.2 Å². The van der Waals surface area contributed by atoms with Crippen molar-refractivity contribution in [3.05, 3.63) is 11.9 Å². The maximum Gasteiger partial charge on any atom is 0.325 e. The van der Waals surface area contributed by atoms with Crippen molar-refractivity contribution in [3.63, 3.8) is 0 Å². The molecule has 1 aromatic heterocycles. The molecular weight excluding hydrogens is 206 g/mol. The number of amides is 1. The molecule has 1 N–H and O–H groups in total. The lowest BCUT2D eigenvalue weighted by molar-refractivity contribution is -0.141. The van der Waals surface area contributed by atoms with Crippen LogP contribution in [0.5, 0.6) is 0 Å². The molecule has 0 aromatic carbocycles. The van der Waals surface area contributed by atoms with E-state index in [1.165, 1.54) is 6.20 Å². The summed E-state index contributed by atoms with van der Waals surface area (Å²) in [5.41, 5.74) is 0.208. The number of hydrogen-bond acceptors (Lipinski definition) is 6. The Balaban J connectivity index is 2.32. The Kier molecular flexibility index (Phi) is 3.99. The van der Waals surface area contributed by atoms with Gasteiger partial charge in [0.1, 0.15) is 6.54 Å². The third kappa shape index (κ3) is 3.09. The minimum absolute atomic E-state index is 0.149. The molecule has 1 heterocycles. The summed E-state index contributed by atoms with van der Waals surface area (Å²) in [6.07, 6.45) is 1.34. The number of nitrogens with one attached hydrogen (secondary N) is 1. The molecule has 0 radical (unpaired) electrons. The Labute approximate surface area is 84.6 Å². The molecule has 0 atom stereocenters. The molecule has 7 heteroatoms. The summed E-state index contributed by atoms with van der Waals surface area (Å²) in [5, 5.41) is 2.36. The quantitative estimate of drug-likeness (QED) is 0.705. The maximum absolute atomic E-state index is 11.2. The first-order chi connectivity index (χ1) is 6.74. The number of carbonyl (C=O) groups is 2. The van der Waals surface area contributed by atoms with E-state index in [0.29, 0.717) is 6.61 Å². The molecule has 76 valence electrons. The minimum Gasteiger partial charge on any atom is -0.465 e. The van der Waals surface area contributed by atoms with Gasteiger partial charge in [0.05, 0.1) is 24.5 Å². The highest BCUT2D eigenvalue weighted by atomic mass is 32.1. The van der Waals surface area contributed by atoms with Crippen molar-refractivity contribution in [1.29, 1.82) is 0 Å². The van der Waals surface area contributed by atoms with Gasteiger partial charge in [-0.15, -0.1) is 0 Å². The van der Waals surface area contributed by atoms with Crippen LogP contribution in [0.4, 0.5) is 0 Å². The van der Waals surface area contributed by atoms with Crippen LogP contribution in [0.3, 0.4) is 0 Å². The highest BCUT2D eigenvalue weighted by Gasteiger charge is 2.10. The monoisotopic (exact) mass is 215 g/mol. The summed E-state index contributed by atoms with van der Waals surface area (Å²) in [7, 11) is 0. The zero-order valence-electron chi connectivity index (χ0n) is 7.52. The van der Waals surface area contributed by atoms with Crippen LogP contribution >= 0.6 is 11.7 Å². The summed E-state index contributed by atoms with van der Waals surface area (Å²) in [5.74, 6) is -0.893. The Bertz CT molecular complexity index is 312. The van der Waals surface area contributed by atoms with Gasteiger partial charge in [0.25, 0.3) is 5.91 Å². The van der Waals surface area contributed by atoms with E-state index in [0.717, 1.165) is 11.7 Å². The second-order valence-corrected chi connectivity index (χ2v) is 2.84. The van der Waals surface area contributed by atoms with Crippen LogP contribution in [0.15, 0.2) is 6.20 Å². The third-order valence-corrected chi connectivity index (χ3v) is 1.77. The van der Waals surface area contributed by atoms with E-state index in [1.807, 2.05) is 0 Å². The molecule has 0 saturated heterocycles. The maximum atomic E-state index is 11.2. The first-order valence-electron chi connectivity index (χ1n) is 3.95. The van der Waals surface area contributed by atoms with Gasteiger partial charge < -0.3 is 10.1 Å². The van der Waals surface area contributed by atoms with Gasteiger partial charge in [-0.25, -0.2) is 0 Å². The van der Waals surface area contributed by atoms with E-state index >= 15 is 0 Å². The van der Waals surface area contributed by atoms with Crippen LogP contribution < -0.4 is 5.32 Å². The summed E-state index contributed by atoms with van der Waals surface area (Å²) in [6, 6.07) is 0. The van der Waals surface area contributed by atoms with Gasteiger partial charge in [-0.1, -0.05) is 0 Å². The van der Waals surface area contributed by atoms with Gasteiger partial charge in [-0.3, -0.25) is 9.59 Å². The van der Waals surface area contributed by atoms with Gasteiger partial charge in [0, 0.05) is 0 Å². The number of esters is 1. The predicted molar refractivity (Wildman–Crippen MR) is 48.9 cm³/mol. The van der Waals surface area contributed by atoms with E-state index in [4.69, 9.17) is 0 Å². The summed E-state index contributed by atoms with van der Waals surface area (Å²) < 4.78 is 12.0. The first-order valence-corrected chi connectivity index (χ1v) is 4.68. The van der Waals surface area contributed by atoms with Crippen molar-refractivity contribution >= 4 is 23.6 Å². The van der Waals surface area contributed by atoms with Gasteiger partial charge in [-0.2, -0.15) is 8.75 Å². The third-order valence-electron chi connectivity index (χ3n) is 1.29. The normalized spacial score (nSPS) is 9.50. The second-order valence-electron chi connectivity index (χ2n) is 2.28. The highest BCUT2D eigenvalue weighted by molar-refractivity contribution is 6.99. The lowest BCUT2D eigenvalue weighted by atomic mass is 10.4. The molecule has 0 aliphatic carbocycles. The van der Waals surface area contributed by atoms with Gasteiger partial charge >= 0.3 is 5.97 Å². The summed E-state index contributed by atoms with van der Waals surface area (Å²) >= 11 is 0.935. The van der Waals surface area contributed by atoms with Crippen LogP contribution in [0, 0.1) is 0 Å². The van der Waals surface area contributed by atoms with E-state index in [9.17, 15) is 9.59 Å². The Morgan fingerprint density at radius 1 is 1.64 bits per heavy atom. The first kappa shape index (κ1) is 10.6. The lowest BCUT2D eigenvalue weighted by Gasteiger charge is -2.01. The largest absolute Gasteiger partial charge is 0.465 e. The van der Waals surface area contributed by atoms with Crippen LogP contribution in [0.1, 0.15) is 17.4 Å². The second kappa shape index (κ2) is 5.28. The lowest BCUT2D eigenvalue weighted by Crippen LogP contribution is -2.30. The number of rotatable bonds is 4. The van der Waals surface area contributed by atoms with Gasteiger partial charge in [0.2, 0.25) is 0 Å². The van der Waals surface area contributed by atoms with Crippen LogP contribution in [0.2, 0.25) is 0 Å². The topological polar surface area (TPSA) is 81.2 Å². The van der Waals surface area contributed by atoms with Crippen LogP contribution in [-0.2, 0) is 9.53 Å². The van der Waals surface area contributed by atoms with Crippen LogP contribution in [-0.4, -0.2) is 33.8 Å². The van der Waals surface area contributed by atoms with Crippen molar-refractivity contribution in [2.45, 2.75) is 6.92 Å². The fourth-order valence-corrected chi connectivity index (χ4v) is 1.13. The predicted octanol–water partition coefficient (Wildman–Crippen LogP) is -0.169. The highest BCUT2D eigenvalue weighted by Crippen LogP contribution is 1.93. The average Bonchev–Trinajstić information content (AvgIpc) is 2.67. The fraction of sp³-hybridized carbons (Fsp3) is 0.429. The SMILES string of the molecule is CCOC(=O)CNC(=O)c1cnsn1. The number of nitrogens with zero attached hydrogens (tertiary/aromatic N) is 2. The molecule has 0 aliphatic rings. The zero-order valence-corrected chi connectivity index (χ0v) is 8.34. The molecule has 1 amide bonds. The van der Waals surface area contributed by atoms with Crippen molar-refractivity contribution in [2.24, 2.45) is 0 Å². The van der Waals surface area contributed by atoms with E-state index in [-0.39, 0.29) is 12.2 Å². The Morgan fingerprint density at radius 3 is 3.00 bits per heavy atom. The average molecular weight is 215 g/mol. The molecule has 0 spiro atoms. The molecule has 0 saturated carbocycles. The van der Waals surface area contributed by atoms with E-state index < -0.39 is 11.9 Å². The molecule has 0 bridgehead atoms. The zero-order chi connectivity index (χ0) is 10.4. The van der Waals surface area contributed by atoms with Gasteiger partial charge in [-0.05, 0) is 6.92 Å². The van der Waals surface area contributed by atoms with E-state index in [2.05, 4.69) is 18.8 Å². The van der Waals surface area contributed by atoms with Crippen molar-refractivity contribution in [3.8, 4) is 0 Å². The number of ether oxygens (including phenoxy) is 1. The number of hydrogen-bond donors (Lipinski definition) is 1. The fourth-order valence-electron chi connectivity index (χ4n) is 0.720. The van der Waals surface area contributed by atoms with Crippen molar-refractivity contribution < 1.29 is 14.3 Å². The molecule has 1 rings (SSSR count). The molecule has 6 nitrogen and oxygen atoms in total. The summed E-state index contributed by atoms with van der Waals surface area (Å²) in [4.78, 5) is 22.0. The molecule has 1 aromatic rings.